The van der Waals surface area contributed by atoms with Gasteiger partial charge in [0.1, 0.15) is 0 Å². The van der Waals surface area contributed by atoms with Gasteiger partial charge in [0.2, 0.25) is 11.8 Å². The van der Waals surface area contributed by atoms with E-state index in [4.69, 9.17) is 5.73 Å². The Morgan fingerprint density at radius 3 is 2.33 bits per heavy atom. The van der Waals surface area contributed by atoms with Gasteiger partial charge in [-0.05, 0) is 31.3 Å². The Kier molecular flexibility index (Phi) is 13.6. The third-order valence-electron chi connectivity index (χ3n) is 4.48. The summed E-state index contributed by atoms with van der Waals surface area (Å²) in [6.45, 7) is 12.9. The molecule has 0 radical (unpaired) electrons. The van der Waals surface area contributed by atoms with Gasteiger partial charge >= 0.3 is 0 Å². The van der Waals surface area contributed by atoms with Crippen LogP contribution in [-0.4, -0.2) is 66.9 Å². The summed E-state index contributed by atoms with van der Waals surface area (Å²) in [5.74, 6) is 0.353. The molecule has 144 valence electrons. The summed E-state index contributed by atoms with van der Waals surface area (Å²) in [5, 5.41) is 2.65. The minimum Gasteiger partial charge on any atom is -0.346 e. The highest BCUT2D eigenvalue weighted by Gasteiger charge is 2.27. The monoisotopic (exact) mass is 384 g/mol. The van der Waals surface area contributed by atoms with E-state index >= 15 is 0 Å². The second kappa shape index (κ2) is 12.8. The average molecular weight is 385 g/mol. The molecule has 6 nitrogen and oxygen atoms in total. The van der Waals surface area contributed by atoms with E-state index in [1.807, 2.05) is 18.7 Å². The van der Waals surface area contributed by atoms with E-state index in [1.54, 1.807) is 0 Å². The van der Waals surface area contributed by atoms with E-state index in [9.17, 15) is 9.59 Å². The molecule has 1 unspecified atom stereocenters. The molecule has 1 saturated heterocycles. The first kappa shape index (κ1) is 25.7. The molecular formula is C16H34Cl2N4O2. The van der Waals surface area contributed by atoms with Gasteiger partial charge in [-0.25, -0.2) is 0 Å². The number of halogens is 2. The zero-order valence-corrected chi connectivity index (χ0v) is 16.9. The Bertz CT molecular complexity index is 379. The van der Waals surface area contributed by atoms with Crippen molar-refractivity contribution in [3.63, 3.8) is 0 Å². The molecule has 0 bridgehead atoms. The van der Waals surface area contributed by atoms with Crippen molar-refractivity contribution in [2.45, 2.75) is 40.2 Å². The summed E-state index contributed by atoms with van der Waals surface area (Å²) in [4.78, 5) is 28.2. The number of likely N-dealkylation sites (tertiary alicyclic amines) is 1. The molecule has 0 aromatic heterocycles. The van der Waals surface area contributed by atoms with Crippen LogP contribution in [0.15, 0.2) is 0 Å². The van der Waals surface area contributed by atoms with Crippen molar-refractivity contribution >= 4 is 36.6 Å². The summed E-state index contributed by atoms with van der Waals surface area (Å²) in [7, 11) is 0. The molecule has 0 aromatic carbocycles. The molecule has 1 fully saturated rings. The van der Waals surface area contributed by atoms with Crippen molar-refractivity contribution in [3.05, 3.63) is 0 Å². The van der Waals surface area contributed by atoms with Gasteiger partial charge in [-0.2, -0.15) is 0 Å². The first-order chi connectivity index (χ1) is 10.4. The molecule has 2 atom stereocenters. The van der Waals surface area contributed by atoms with Crippen molar-refractivity contribution in [2.75, 3.05) is 39.3 Å². The number of carbonyl (C=O) groups is 2. The Morgan fingerprint density at radius 2 is 1.83 bits per heavy atom. The van der Waals surface area contributed by atoms with Gasteiger partial charge in [0.05, 0.1) is 12.6 Å². The quantitative estimate of drug-likeness (QED) is 0.656. The molecule has 0 aromatic rings. The van der Waals surface area contributed by atoms with Crippen LogP contribution in [0.3, 0.4) is 0 Å². The van der Waals surface area contributed by atoms with Gasteiger partial charge in [0.25, 0.3) is 0 Å². The zero-order valence-electron chi connectivity index (χ0n) is 15.3. The first-order valence-corrected chi connectivity index (χ1v) is 8.42. The van der Waals surface area contributed by atoms with Crippen molar-refractivity contribution in [3.8, 4) is 0 Å². The average Bonchev–Trinajstić information content (AvgIpc) is 2.97. The predicted molar refractivity (Wildman–Crippen MR) is 103 cm³/mol. The summed E-state index contributed by atoms with van der Waals surface area (Å²) in [6.07, 6.45) is 1.04. The van der Waals surface area contributed by atoms with E-state index in [2.05, 4.69) is 24.1 Å². The molecule has 0 saturated carbocycles. The van der Waals surface area contributed by atoms with E-state index < -0.39 is 6.04 Å². The summed E-state index contributed by atoms with van der Waals surface area (Å²) < 4.78 is 0. The van der Waals surface area contributed by atoms with Crippen LogP contribution in [0.1, 0.15) is 34.1 Å². The highest BCUT2D eigenvalue weighted by atomic mass is 35.5. The van der Waals surface area contributed by atoms with Gasteiger partial charge < -0.3 is 20.9 Å². The third-order valence-corrected chi connectivity index (χ3v) is 4.48. The number of amides is 2. The number of nitrogens with one attached hydrogen (secondary N) is 1. The van der Waals surface area contributed by atoms with Gasteiger partial charge in [-0.15, -0.1) is 24.8 Å². The lowest BCUT2D eigenvalue weighted by molar-refractivity contribution is -0.132. The third kappa shape index (κ3) is 8.01. The highest BCUT2D eigenvalue weighted by Crippen LogP contribution is 2.17. The van der Waals surface area contributed by atoms with Crippen molar-refractivity contribution in [1.29, 1.82) is 0 Å². The van der Waals surface area contributed by atoms with Gasteiger partial charge in [0, 0.05) is 19.6 Å². The fourth-order valence-corrected chi connectivity index (χ4v) is 2.75. The largest absolute Gasteiger partial charge is 0.346 e. The molecular weight excluding hydrogens is 351 g/mol. The first-order valence-electron chi connectivity index (χ1n) is 8.42. The molecule has 8 heteroatoms. The van der Waals surface area contributed by atoms with Crippen LogP contribution in [0, 0.1) is 11.8 Å². The topological polar surface area (TPSA) is 78.7 Å². The molecule has 2 amide bonds. The Labute approximate surface area is 158 Å². The van der Waals surface area contributed by atoms with Crippen LogP contribution < -0.4 is 11.1 Å². The maximum atomic E-state index is 12.2. The number of hydrogen-bond acceptors (Lipinski definition) is 4. The van der Waals surface area contributed by atoms with E-state index in [0.29, 0.717) is 5.92 Å². The van der Waals surface area contributed by atoms with Crippen LogP contribution in [-0.2, 0) is 9.59 Å². The van der Waals surface area contributed by atoms with Crippen molar-refractivity contribution < 1.29 is 9.59 Å². The highest BCUT2D eigenvalue weighted by molar-refractivity contribution is 5.87. The van der Waals surface area contributed by atoms with Crippen LogP contribution in [0.4, 0.5) is 0 Å². The van der Waals surface area contributed by atoms with Gasteiger partial charge in [-0.3, -0.25) is 9.59 Å². The van der Waals surface area contributed by atoms with Crippen LogP contribution in [0.5, 0.6) is 0 Å². The van der Waals surface area contributed by atoms with E-state index in [-0.39, 0.29) is 49.1 Å². The summed E-state index contributed by atoms with van der Waals surface area (Å²) >= 11 is 0. The lowest BCUT2D eigenvalue weighted by Gasteiger charge is -2.23. The zero-order chi connectivity index (χ0) is 16.7. The number of rotatable bonds is 8. The number of hydrogen-bond donors (Lipinski definition) is 2. The smallest absolute Gasteiger partial charge is 0.241 e. The standard InChI is InChI=1S/C16H32N4O2.2ClH/c1-5-19(6-2)10-13-7-8-20(11-13)14(21)9-18-16(22)15(17)12(3)4;;/h12-13,15H,5-11,17H2,1-4H3,(H,18,22);2*1H/t13?,15-;;/m0../s1. The Hall–Kier alpha value is -0.560. The lowest BCUT2D eigenvalue weighted by Crippen LogP contribution is -2.47. The second-order valence-electron chi connectivity index (χ2n) is 6.47. The van der Waals surface area contributed by atoms with Crippen LogP contribution in [0.2, 0.25) is 0 Å². The van der Waals surface area contributed by atoms with Crippen LogP contribution in [0.25, 0.3) is 0 Å². The summed E-state index contributed by atoms with van der Waals surface area (Å²) in [6, 6.07) is -0.554. The van der Waals surface area contributed by atoms with Crippen molar-refractivity contribution in [1.82, 2.24) is 15.1 Å². The lowest BCUT2D eigenvalue weighted by atomic mass is 10.1. The Morgan fingerprint density at radius 1 is 1.25 bits per heavy atom. The predicted octanol–water partition coefficient (Wildman–Crippen LogP) is 1.12. The number of carbonyl (C=O) groups excluding carboxylic acids is 2. The second-order valence-corrected chi connectivity index (χ2v) is 6.47. The number of nitrogens with zero attached hydrogens (tertiary/aromatic N) is 2. The fraction of sp³-hybridized carbons (Fsp3) is 0.875. The van der Waals surface area contributed by atoms with Crippen molar-refractivity contribution in [2.24, 2.45) is 17.6 Å². The minimum absolute atomic E-state index is 0. The molecule has 3 N–H and O–H groups in total. The van der Waals surface area contributed by atoms with E-state index in [0.717, 1.165) is 39.1 Å². The normalized spacial score (nSPS) is 18.1. The Balaban J connectivity index is 0. The summed E-state index contributed by atoms with van der Waals surface area (Å²) in [5.41, 5.74) is 5.76. The maximum absolute atomic E-state index is 12.2. The van der Waals surface area contributed by atoms with E-state index in [1.165, 1.54) is 0 Å². The number of nitrogens with two attached hydrogens (primary N) is 1. The SMILES string of the molecule is CCN(CC)CC1CCN(C(=O)CNC(=O)[C@@H](N)C(C)C)C1.Cl.Cl. The molecule has 0 aliphatic carbocycles. The maximum Gasteiger partial charge on any atom is 0.241 e. The molecule has 24 heavy (non-hydrogen) atoms. The van der Waals surface area contributed by atoms with Gasteiger partial charge in [-0.1, -0.05) is 27.7 Å². The van der Waals surface area contributed by atoms with Gasteiger partial charge in [0.15, 0.2) is 0 Å². The fourth-order valence-electron chi connectivity index (χ4n) is 2.75. The molecule has 1 aliphatic heterocycles. The molecule has 0 spiro atoms. The molecule has 1 aliphatic rings. The van der Waals surface area contributed by atoms with Crippen LogP contribution >= 0.6 is 24.8 Å². The molecule has 1 rings (SSSR count). The molecule has 1 heterocycles. The minimum atomic E-state index is -0.554.